The zero-order valence-electron chi connectivity index (χ0n) is 9.77. The Bertz CT molecular complexity index is 560. The lowest BCUT2D eigenvalue weighted by atomic mass is 10.1. The maximum atomic E-state index is 13.1. The molecule has 0 amide bonds. The van der Waals surface area contributed by atoms with E-state index in [0.29, 0.717) is 23.5 Å². The first kappa shape index (κ1) is 11.5. The standard InChI is InChI=1S/C13H13FN2O/c1-3-16-7-6-15-13(16)12(17)10-4-5-11(14)9(2)8-10/h4-8H,3H2,1-2H3. The molecule has 1 aromatic heterocycles. The van der Waals surface area contributed by atoms with Crippen molar-refractivity contribution < 1.29 is 9.18 Å². The van der Waals surface area contributed by atoms with Gasteiger partial charge in [-0.25, -0.2) is 9.37 Å². The monoisotopic (exact) mass is 232 g/mol. The van der Waals surface area contributed by atoms with E-state index in [1.807, 2.05) is 6.92 Å². The quantitative estimate of drug-likeness (QED) is 0.762. The van der Waals surface area contributed by atoms with Crippen LogP contribution in [0.3, 0.4) is 0 Å². The van der Waals surface area contributed by atoms with Gasteiger partial charge in [-0.1, -0.05) is 0 Å². The van der Waals surface area contributed by atoms with Crippen LogP contribution in [0.5, 0.6) is 0 Å². The largest absolute Gasteiger partial charge is 0.328 e. The second kappa shape index (κ2) is 4.49. The molecule has 3 nitrogen and oxygen atoms in total. The Morgan fingerprint density at radius 2 is 2.24 bits per heavy atom. The van der Waals surface area contributed by atoms with E-state index in [-0.39, 0.29) is 11.6 Å². The summed E-state index contributed by atoms with van der Waals surface area (Å²) in [7, 11) is 0. The molecule has 1 heterocycles. The Hall–Kier alpha value is -1.97. The SMILES string of the molecule is CCn1ccnc1C(=O)c1ccc(F)c(C)c1. The summed E-state index contributed by atoms with van der Waals surface area (Å²) in [5.74, 6) is -0.0983. The average molecular weight is 232 g/mol. The van der Waals surface area contributed by atoms with Crippen LogP contribution in [0.2, 0.25) is 0 Å². The van der Waals surface area contributed by atoms with E-state index in [9.17, 15) is 9.18 Å². The number of ketones is 1. The minimum atomic E-state index is -0.305. The summed E-state index contributed by atoms with van der Waals surface area (Å²) in [6, 6.07) is 4.34. The molecule has 0 fully saturated rings. The Morgan fingerprint density at radius 3 is 2.88 bits per heavy atom. The van der Waals surface area contributed by atoms with Crippen molar-refractivity contribution in [2.75, 3.05) is 0 Å². The normalized spacial score (nSPS) is 10.5. The van der Waals surface area contributed by atoms with Crippen LogP contribution >= 0.6 is 0 Å². The van der Waals surface area contributed by atoms with Crippen molar-refractivity contribution in [3.8, 4) is 0 Å². The van der Waals surface area contributed by atoms with Gasteiger partial charge < -0.3 is 4.57 Å². The van der Waals surface area contributed by atoms with Gasteiger partial charge in [0.05, 0.1) is 0 Å². The fourth-order valence-corrected chi connectivity index (χ4v) is 1.69. The van der Waals surface area contributed by atoms with Crippen LogP contribution in [0.1, 0.15) is 28.7 Å². The highest BCUT2D eigenvalue weighted by Crippen LogP contribution is 2.13. The lowest BCUT2D eigenvalue weighted by molar-refractivity contribution is 0.102. The summed E-state index contributed by atoms with van der Waals surface area (Å²) < 4.78 is 14.9. The highest BCUT2D eigenvalue weighted by molar-refractivity contribution is 6.06. The van der Waals surface area contributed by atoms with Crippen LogP contribution in [-0.4, -0.2) is 15.3 Å². The van der Waals surface area contributed by atoms with Crippen molar-refractivity contribution in [3.63, 3.8) is 0 Å². The number of aromatic nitrogens is 2. The second-order valence-electron chi connectivity index (χ2n) is 3.83. The van der Waals surface area contributed by atoms with Crippen LogP contribution in [0.15, 0.2) is 30.6 Å². The first-order chi connectivity index (χ1) is 8.13. The summed E-state index contributed by atoms with van der Waals surface area (Å²) in [6.07, 6.45) is 3.34. The Labute approximate surface area is 98.9 Å². The lowest BCUT2D eigenvalue weighted by Crippen LogP contribution is -2.10. The minimum absolute atomic E-state index is 0.181. The van der Waals surface area contributed by atoms with Crippen LogP contribution in [0, 0.1) is 12.7 Å². The molecule has 17 heavy (non-hydrogen) atoms. The Balaban J connectivity index is 2.40. The van der Waals surface area contributed by atoms with Crippen molar-refractivity contribution in [1.82, 2.24) is 9.55 Å². The average Bonchev–Trinajstić information content (AvgIpc) is 2.80. The fourth-order valence-electron chi connectivity index (χ4n) is 1.69. The van der Waals surface area contributed by atoms with Crippen molar-refractivity contribution in [1.29, 1.82) is 0 Å². The molecule has 0 unspecified atom stereocenters. The van der Waals surface area contributed by atoms with Gasteiger partial charge in [0.1, 0.15) is 5.82 Å². The van der Waals surface area contributed by atoms with Gasteiger partial charge in [0.15, 0.2) is 5.82 Å². The highest BCUT2D eigenvalue weighted by atomic mass is 19.1. The molecule has 0 saturated carbocycles. The number of aryl methyl sites for hydroxylation is 2. The summed E-state index contributed by atoms with van der Waals surface area (Å²) in [5, 5.41) is 0. The molecule has 2 rings (SSSR count). The number of nitrogens with zero attached hydrogens (tertiary/aromatic N) is 2. The Morgan fingerprint density at radius 1 is 1.47 bits per heavy atom. The van der Waals surface area contributed by atoms with E-state index in [1.165, 1.54) is 12.1 Å². The first-order valence-electron chi connectivity index (χ1n) is 5.45. The topological polar surface area (TPSA) is 34.9 Å². The van der Waals surface area contributed by atoms with E-state index < -0.39 is 0 Å². The predicted molar refractivity (Wildman–Crippen MR) is 62.5 cm³/mol. The van der Waals surface area contributed by atoms with Crippen LogP contribution in [-0.2, 0) is 6.54 Å². The zero-order chi connectivity index (χ0) is 12.4. The molecule has 88 valence electrons. The number of hydrogen-bond donors (Lipinski definition) is 0. The van der Waals surface area contributed by atoms with E-state index in [4.69, 9.17) is 0 Å². The molecule has 2 aromatic rings. The molecule has 0 bridgehead atoms. The van der Waals surface area contributed by atoms with Crippen molar-refractivity contribution >= 4 is 5.78 Å². The summed E-state index contributed by atoms with van der Waals surface area (Å²) in [4.78, 5) is 16.2. The van der Waals surface area contributed by atoms with Crippen molar-refractivity contribution in [2.24, 2.45) is 0 Å². The molecule has 0 N–H and O–H groups in total. The molecule has 1 aromatic carbocycles. The third-order valence-corrected chi connectivity index (χ3v) is 2.68. The summed E-state index contributed by atoms with van der Waals surface area (Å²) >= 11 is 0. The van der Waals surface area contributed by atoms with Gasteiger partial charge in [0, 0.05) is 24.5 Å². The molecule has 0 spiro atoms. The van der Waals surface area contributed by atoms with E-state index in [2.05, 4.69) is 4.98 Å². The molecule has 4 heteroatoms. The lowest BCUT2D eigenvalue weighted by Gasteiger charge is -2.05. The maximum Gasteiger partial charge on any atom is 0.228 e. The molecule has 0 aliphatic heterocycles. The van der Waals surface area contributed by atoms with E-state index in [1.54, 1.807) is 30.0 Å². The van der Waals surface area contributed by atoms with Gasteiger partial charge in [-0.2, -0.15) is 0 Å². The van der Waals surface area contributed by atoms with E-state index in [0.717, 1.165) is 0 Å². The highest BCUT2D eigenvalue weighted by Gasteiger charge is 2.15. The molecule has 0 radical (unpaired) electrons. The molecular weight excluding hydrogens is 219 g/mol. The van der Waals surface area contributed by atoms with Crippen LogP contribution in [0.4, 0.5) is 4.39 Å². The summed E-state index contributed by atoms with van der Waals surface area (Å²) in [6.45, 7) is 4.26. The third kappa shape index (κ3) is 2.11. The fraction of sp³-hybridized carbons (Fsp3) is 0.231. The molecule has 0 aliphatic rings. The molecule has 0 atom stereocenters. The number of carbonyl (C=O) groups excluding carboxylic acids is 1. The van der Waals surface area contributed by atoms with Gasteiger partial charge in [-0.3, -0.25) is 4.79 Å². The van der Waals surface area contributed by atoms with Crippen molar-refractivity contribution in [3.05, 3.63) is 53.4 Å². The predicted octanol–water partition coefficient (Wildman–Crippen LogP) is 2.58. The molecule has 0 saturated heterocycles. The van der Waals surface area contributed by atoms with Gasteiger partial charge in [-0.15, -0.1) is 0 Å². The zero-order valence-corrected chi connectivity index (χ0v) is 9.77. The van der Waals surface area contributed by atoms with E-state index >= 15 is 0 Å². The third-order valence-electron chi connectivity index (χ3n) is 2.68. The number of benzene rings is 1. The number of rotatable bonds is 3. The number of hydrogen-bond acceptors (Lipinski definition) is 2. The summed E-state index contributed by atoms with van der Waals surface area (Å²) in [5.41, 5.74) is 0.926. The maximum absolute atomic E-state index is 13.1. The van der Waals surface area contributed by atoms with Crippen LogP contribution < -0.4 is 0 Å². The second-order valence-corrected chi connectivity index (χ2v) is 3.83. The molecular formula is C13H13FN2O. The smallest absolute Gasteiger partial charge is 0.228 e. The van der Waals surface area contributed by atoms with Gasteiger partial charge in [0.2, 0.25) is 5.78 Å². The minimum Gasteiger partial charge on any atom is -0.328 e. The van der Waals surface area contributed by atoms with Crippen molar-refractivity contribution in [2.45, 2.75) is 20.4 Å². The molecule has 0 aliphatic carbocycles. The number of imidazole rings is 1. The van der Waals surface area contributed by atoms with Gasteiger partial charge in [-0.05, 0) is 37.6 Å². The van der Waals surface area contributed by atoms with Gasteiger partial charge >= 0.3 is 0 Å². The Kier molecular flexibility index (Phi) is 3.04. The first-order valence-corrected chi connectivity index (χ1v) is 5.45. The number of carbonyl (C=O) groups is 1. The van der Waals surface area contributed by atoms with Gasteiger partial charge in [0.25, 0.3) is 0 Å². The number of halogens is 1. The van der Waals surface area contributed by atoms with Crippen LogP contribution in [0.25, 0.3) is 0 Å².